The first kappa shape index (κ1) is 23.4. The minimum Gasteiger partial charge on any atom is -0.369 e. The molecule has 0 radical (unpaired) electrons. The van der Waals surface area contributed by atoms with Crippen molar-refractivity contribution < 1.29 is 22.8 Å². The molecule has 5 aliphatic rings. The van der Waals surface area contributed by atoms with E-state index in [1.807, 2.05) is 11.8 Å². The van der Waals surface area contributed by atoms with Gasteiger partial charge in [0, 0.05) is 43.8 Å². The van der Waals surface area contributed by atoms with E-state index >= 15 is 0 Å². The van der Waals surface area contributed by atoms with Crippen molar-refractivity contribution in [2.75, 3.05) is 31.1 Å². The third-order valence-electron chi connectivity index (χ3n) is 8.75. The van der Waals surface area contributed by atoms with Crippen LogP contribution in [0.1, 0.15) is 44.6 Å². The highest BCUT2D eigenvalue weighted by molar-refractivity contribution is 5.83. The number of alkyl halides is 3. The number of nitrogens with zero attached hydrogens (tertiary/aromatic N) is 3. The normalized spacial score (nSPS) is 34.2. The van der Waals surface area contributed by atoms with Gasteiger partial charge in [-0.15, -0.1) is 0 Å². The molecule has 186 valence electrons. The number of nitrogens with two attached hydrogens (primary N) is 1. The Bertz CT molecular complexity index is 929. The fourth-order valence-electron chi connectivity index (χ4n) is 7.09. The zero-order valence-corrected chi connectivity index (χ0v) is 19.4. The Morgan fingerprint density at radius 3 is 2.29 bits per heavy atom. The number of hydrogen-bond donors (Lipinski definition) is 2. The average Bonchev–Trinajstić information content (AvgIpc) is 2.80. The standard InChI is InChI=1S/C24H32F3N5O2/c1-14(31-4-6-32(7-5-31)19-3-2-18(13-29-19)24(25,26)27)21(33)30-20-16-8-15-9-17(20)12-23(10-15,11-16)22(28)34/h2-3,13-17,20H,4-12H2,1H3,(H2,28,34)(H,30,33). The van der Waals surface area contributed by atoms with E-state index in [0.29, 0.717) is 49.8 Å². The zero-order chi connectivity index (χ0) is 24.3. The number of anilines is 1. The molecule has 4 bridgehead atoms. The number of carbonyl (C=O) groups excluding carboxylic acids is 2. The van der Waals surface area contributed by atoms with Crippen molar-refractivity contribution in [2.24, 2.45) is 28.9 Å². The van der Waals surface area contributed by atoms with Crippen LogP contribution in [0.25, 0.3) is 0 Å². The second-order valence-electron chi connectivity index (χ2n) is 10.8. The maximum atomic E-state index is 13.2. The number of halogens is 3. The summed E-state index contributed by atoms with van der Waals surface area (Å²) in [6.45, 7) is 4.34. The van der Waals surface area contributed by atoms with Gasteiger partial charge in [-0.25, -0.2) is 4.98 Å². The van der Waals surface area contributed by atoms with Crippen LogP contribution in [-0.2, 0) is 15.8 Å². The van der Waals surface area contributed by atoms with E-state index < -0.39 is 11.7 Å². The molecule has 0 spiro atoms. The molecule has 5 fully saturated rings. The molecule has 3 N–H and O–H groups in total. The number of aromatic nitrogens is 1. The second kappa shape index (κ2) is 8.39. The summed E-state index contributed by atoms with van der Waals surface area (Å²) in [5.74, 6) is 1.52. The van der Waals surface area contributed by atoms with Crippen LogP contribution in [0.3, 0.4) is 0 Å². The van der Waals surface area contributed by atoms with Crippen LogP contribution < -0.4 is 16.0 Å². The van der Waals surface area contributed by atoms with Gasteiger partial charge in [-0.2, -0.15) is 13.2 Å². The van der Waals surface area contributed by atoms with Crippen molar-refractivity contribution in [3.8, 4) is 0 Å². The lowest BCUT2D eigenvalue weighted by Gasteiger charge is -2.59. The first-order chi connectivity index (χ1) is 16.1. The summed E-state index contributed by atoms with van der Waals surface area (Å²) in [4.78, 5) is 33.4. The van der Waals surface area contributed by atoms with Gasteiger partial charge >= 0.3 is 6.18 Å². The molecule has 7 nitrogen and oxygen atoms in total. The van der Waals surface area contributed by atoms with Crippen LogP contribution in [-0.4, -0.2) is 60.0 Å². The predicted molar refractivity (Wildman–Crippen MR) is 120 cm³/mol. The molecule has 1 aromatic heterocycles. The number of carbonyl (C=O) groups is 2. The van der Waals surface area contributed by atoms with Crippen LogP contribution in [0.4, 0.5) is 19.0 Å². The van der Waals surface area contributed by atoms with E-state index in [1.54, 1.807) is 0 Å². The summed E-state index contributed by atoms with van der Waals surface area (Å²) in [6, 6.07) is 2.26. The van der Waals surface area contributed by atoms with Gasteiger partial charge < -0.3 is 16.0 Å². The Balaban J connectivity index is 1.15. The molecule has 34 heavy (non-hydrogen) atoms. The Kier molecular flexibility index (Phi) is 5.77. The van der Waals surface area contributed by atoms with Crippen LogP contribution in [0, 0.1) is 23.2 Å². The van der Waals surface area contributed by atoms with Crippen molar-refractivity contribution >= 4 is 17.6 Å². The molecule has 0 aromatic carbocycles. The molecular formula is C24H32F3N5O2. The van der Waals surface area contributed by atoms with Crippen molar-refractivity contribution in [1.29, 1.82) is 0 Å². The summed E-state index contributed by atoms with van der Waals surface area (Å²) in [6.07, 6.45) is 1.06. The molecule has 3 atom stereocenters. The molecular weight excluding hydrogens is 447 g/mol. The first-order valence-corrected chi connectivity index (χ1v) is 12.2. The number of primary amides is 1. The van der Waals surface area contributed by atoms with E-state index in [4.69, 9.17) is 5.73 Å². The van der Waals surface area contributed by atoms with E-state index in [0.717, 1.165) is 44.4 Å². The molecule has 4 aliphatic carbocycles. The number of nitrogens with one attached hydrogen (secondary N) is 1. The van der Waals surface area contributed by atoms with Crippen LogP contribution in [0.15, 0.2) is 18.3 Å². The van der Waals surface area contributed by atoms with Crippen LogP contribution in [0.5, 0.6) is 0 Å². The lowest BCUT2D eigenvalue weighted by molar-refractivity contribution is -0.148. The molecule has 3 unspecified atom stereocenters. The quantitative estimate of drug-likeness (QED) is 0.677. The summed E-state index contributed by atoms with van der Waals surface area (Å²) < 4.78 is 38.3. The zero-order valence-electron chi connectivity index (χ0n) is 19.4. The maximum absolute atomic E-state index is 13.2. The lowest BCUT2D eigenvalue weighted by atomic mass is 9.47. The Hall–Kier alpha value is -2.36. The maximum Gasteiger partial charge on any atom is 0.417 e. The van der Waals surface area contributed by atoms with Gasteiger partial charge in [-0.3, -0.25) is 14.5 Å². The molecule has 2 heterocycles. The highest BCUT2D eigenvalue weighted by Crippen LogP contribution is 2.59. The number of pyridine rings is 1. The topological polar surface area (TPSA) is 91.6 Å². The SMILES string of the molecule is CC(C(=O)NC1C2CC3CC1CC(C(N)=O)(C3)C2)N1CCN(c2ccc(C(F)(F)F)cn2)CC1. The van der Waals surface area contributed by atoms with Gasteiger partial charge in [0.15, 0.2) is 0 Å². The highest BCUT2D eigenvalue weighted by atomic mass is 19.4. The minimum absolute atomic E-state index is 0.00621. The molecule has 1 aromatic rings. The fraction of sp³-hybridized carbons (Fsp3) is 0.708. The molecule has 4 saturated carbocycles. The van der Waals surface area contributed by atoms with Crippen LogP contribution >= 0.6 is 0 Å². The van der Waals surface area contributed by atoms with Crippen LogP contribution in [0.2, 0.25) is 0 Å². The van der Waals surface area contributed by atoms with Gasteiger partial charge in [-0.1, -0.05) is 0 Å². The number of rotatable bonds is 5. The van der Waals surface area contributed by atoms with E-state index in [1.165, 1.54) is 6.07 Å². The minimum atomic E-state index is -4.40. The van der Waals surface area contributed by atoms with Crippen molar-refractivity contribution in [1.82, 2.24) is 15.2 Å². The van der Waals surface area contributed by atoms with Crippen molar-refractivity contribution in [3.63, 3.8) is 0 Å². The van der Waals surface area contributed by atoms with Gasteiger partial charge in [0.1, 0.15) is 5.82 Å². The van der Waals surface area contributed by atoms with Gasteiger partial charge in [-0.05, 0) is 68.9 Å². The second-order valence-corrected chi connectivity index (χ2v) is 10.8. The monoisotopic (exact) mass is 479 g/mol. The molecule has 1 aliphatic heterocycles. The van der Waals surface area contributed by atoms with E-state index in [2.05, 4.69) is 15.2 Å². The number of amides is 2. The fourth-order valence-corrected chi connectivity index (χ4v) is 7.09. The number of hydrogen-bond acceptors (Lipinski definition) is 5. The first-order valence-electron chi connectivity index (χ1n) is 12.2. The predicted octanol–water partition coefficient (Wildman–Crippen LogP) is 2.41. The molecule has 1 saturated heterocycles. The van der Waals surface area contributed by atoms with E-state index in [-0.39, 0.29) is 29.3 Å². The summed E-state index contributed by atoms with van der Waals surface area (Å²) in [5.41, 5.74) is 4.65. The Morgan fingerprint density at radius 1 is 1.12 bits per heavy atom. The highest BCUT2D eigenvalue weighted by Gasteiger charge is 2.58. The van der Waals surface area contributed by atoms with Crippen molar-refractivity contribution in [3.05, 3.63) is 23.9 Å². The molecule has 10 heteroatoms. The van der Waals surface area contributed by atoms with Gasteiger partial charge in [0.05, 0.1) is 11.6 Å². The summed E-state index contributed by atoms with van der Waals surface area (Å²) in [7, 11) is 0. The summed E-state index contributed by atoms with van der Waals surface area (Å²) >= 11 is 0. The number of piperazine rings is 1. The Morgan fingerprint density at radius 2 is 1.76 bits per heavy atom. The Labute approximate surface area is 197 Å². The largest absolute Gasteiger partial charge is 0.417 e. The molecule has 2 amide bonds. The smallest absolute Gasteiger partial charge is 0.369 e. The lowest BCUT2D eigenvalue weighted by Crippen LogP contribution is -2.63. The van der Waals surface area contributed by atoms with Gasteiger partial charge in [0.2, 0.25) is 11.8 Å². The summed E-state index contributed by atoms with van der Waals surface area (Å²) in [5, 5.41) is 3.31. The third kappa shape index (κ3) is 4.14. The van der Waals surface area contributed by atoms with Gasteiger partial charge in [0.25, 0.3) is 0 Å². The average molecular weight is 480 g/mol. The van der Waals surface area contributed by atoms with Crippen molar-refractivity contribution in [2.45, 2.75) is 57.3 Å². The van der Waals surface area contributed by atoms with E-state index in [9.17, 15) is 22.8 Å². The molecule has 6 rings (SSSR count). The third-order valence-corrected chi connectivity index (χ3v) is 8.75.